The first-order valence-electron chi connectivity index (χ1n) is 10.4. The number of hydrogen-bond donors (Lipinski definition) is 1. The van der Waals surface area contributed by atoms with Gasteiger partial charge in [-0.05, 0) is 49.4 Å². The molecule has 0 aliphatic heterocycles. The number of fused-ring (bicyclic) bond motifs is 3. The summed E-state index contributed by atoms with van der Waals surface area (Å²) >= 11 is 13.8. The van der Waals surface area contributed by atoms with E-state index in [4.69, 9.17) is 28.2 Å². The smallest absolute Gasteiger partial charge is 0.263 e. The van der Waals surface area contributed by atoms with E-state index in [0.29, 0.717) is 26.9 Å². The van der Waals surface area contributed by atoms with Gasteiger partial charge in [-0.15, -0.1) is 11.3 Å². The van der Waals surface area contributed by atoms with E-state index < -0.39 is 0 Å². The van der Waals surface area contributed by atoms with Gasteiger partial charge in [0.1, 0.15) is 17.2 Å². The molecule has 4 aromatic rings. The van der Waals surface area contributed by atoms with E-state index in [1.165, 1.54) is 9.44 Å². The number of nitrogens with zero attached hydrogens (tertiary/aromatic N) is 2. The standard InChI is InChI=1S/C24H19Cl2N3O2S/c25-15-10-11-17(26)18(12-15)27-20(30)13-29-22(14-6-2-1-3-7-14)28-23-21(24(29)31)16-8-4-5-9-19(16)32-23/h1-3,6-7,10-12H,4-5,8-9,13H2,(H,27,30). The number of anilines is 1. The number of aryl methyl sites for hydroxylation is 2. The summed E-state index contributed by atoms with van der Waals surface area (Å²) in [5.74, 6) is 0.104. The molecule has 0 unspecified atom stereocenters. The number of hydrogen-bond acceptors (Lipinski definition) is 4. The molecule has 0 fully saturated rings. The Balaban J connectivity index is 1.61. The van der Waals surface area contributed by atoms with Crippen LogP contribution in [0.5, 0.6) is 0 Å². The van der Waals surface area contributed by atoms with Crippen molar-refractivity contribution >= 4 is 56.3 Å². The lowest BCUT2D eigenvalue weighted by Gasteiger charge is -2.14. The molecule has 1 N–H and O–H groups in total. The fourth-order valence-corrected chi connectivity index (χ4v) is 5.71. The van der Waals surface area contributed by atoms with Crippen molar-refractivity contribution in [3.63, 3.8) is 0 Å². The van der Waals surface area contributed by atoms with E-state index in [0.717, 1.165) is 41.6 Å². The molecule has 2 aromatic heterocycles. The summed E-state index contributed by atoms with van der Waals surface area (Å²) in [7, 11) is 0. The van der Waals surface area contributed by atoms with Gasteiger partial charge in [0.15, 0.2) is 0 Å². The summed E-state index contributed by atoms with van der Waals surface area (Å²) in [5, 5.41) is 4.25. The summed E-state index contributed by atoms with van der Waals surface area (Å²) in [5.41, 5.74) is 2.10. The lowest BCUT2D eigenvalue weighted by molar-refractivity contribution is -0.116. The van der Waals surface area contributed by atoms with Crippen LogP contribution >= 0.6 is 34.5 Å². The Morgan fingerprint density at radius 1 is 1.09 bits per heavy atom. The maximum absolute atomic E-state index is 13.7. The Morgan fingerprint density at radius 3 is 2.69 bits per heavy atom. The second-order valence-electron chi connectivity index (χ2n) is 7.76. The molecule has 2 aromatic carbocycles. The van der Waals surface area contributed by atoms with Crippen LogP contribution in [0, 0.1) is 0 Å². The van der Waals surface area contributed by atoms with E-state index >= 15 is 0 Å². The van der Waals surface area contributed by atoms with Gasteiger partial charge in [-0.3, -0.25) is 14.2 Å². The average Bonchev–Trinajstić information content (AvgIpc) is 3.17. The second-order valence-corrected chi connectivity index (χ2v) is 9.68. The molecule has 2 heterocycles. The molecule has 8 heteroatoms. The Hall–Kier alpha value is -2.67. The third-order valence-electron chi connectivity index (χ3n) is 5.61. The van der Waals surface area contributed by atoms with Crippen LogP contribution < -0.4 is 10.9 Å². The Labute approximate surface area is 198 Å². The van der Waals surface area contributed by atoms with E-state index in [-0.39, 0.29) is 18.0 Å². The second kappa shape index (κ2) is 8.70. The predicted octanol–water partition coefficient (Wildman–Crippen LogP) is 5.95. The van der Waals surface area contributed by atoms with Crippen molar-refractivity contribution < 1.29 is 4.79 Å². The number of thiophene rings is 1. The number of nitrogens with one attached hydrogen (secondary N) is 1. The predicted molar refractivity (Wildman–Crippen MR) is 131 cm³/mol. The van der Waals surface area contributed by atoms with Crippen molar-refractivity contribution in [3.05, 3.63) is 79.4 Å². The third kappa shape index (κ3) is 3.94. The zero-order valence-electron chi connectivity index (χ0n) is 17.0. The van der Waals surface area contributed by atoms with E-state index in [1.807, 2.05) is 30.3 Å². The van der Waals surface area contributed by atoms with Gasteiger partial charge >= 0.3 is 0 Å². The molecular formula is C24H19Cl2N3O2S. The molecule has 1 aliphatic rings. The third-order valence-corrected chi connectivity index (χ3v) is 7.36. The quantitative estimate of drug-likeness (QED) is 0.390. The summed E-state index contributed by atoms with van der Waals surface area (Å²) in [6, 6.07) is 14.3. The summed E-state index contributed by atoms with van der Waals surface area (Å²) in [4.78, 5) is 33.5. The molecule has 32 heavy (non-hydrogen) atoms. The van der Waals surface area contributed by atoms with Crippen LogP contribution in [0.4, 0.5) is 5.69 Å². The Morgan fingerprint density at radius 2 is 1.88 bits per heavy atom. The van der Waals surface area contributed by atoms with Gasteiger partial charge < -0.3 is 5.32 Å². The number of halogens is 2. The normalized spacial score (nSPS) is 13.2. The minimum absolute atomic E-state index is 0.180. The SMILES string of the molecule is O=C(Cn1c(-c2ccccc2)nc2sc3c(c2c1=O)CCCC3)Nc1cc(Cl)ccc1Cl. The van der Waals surface area contributed by atoms with Crippen LogP contribution in [0.15, 0.2) is 53.3 Å². The van der Waals surface area contributed by atoms with Crippen molar-refractivity contribution in [1.82, 2.24) is 9.55 Å². The lowest BCUT2D eigenvalue weighted by Crippen LogP contribution is -2.30. The zero-order valence-corrected chi connectivity index (χ0v) is 19.4. The van der Waals surface area contributed by atoms with Gasteiger partial charge in [0.05, 0.1) is 16.1 Å². The van der Waals surface area contributed by atoms with Gasteiger partial charge in [-0.25, -0.2) is 4.98 Å². The van der Waals surface area contributed by atoms with Gasteiger partial charge in [-0.1, -0.05) is 53.5 Å². The van der Waals surface area contributed by atoms with Crippen molar-refractivity contribution in [1.29, 1.82) is 0 Å². The number of rotatable bonds is 4. The number of amides is 1. The highest BCUT2D eigenvalue weighted by atomic mass is 35.5. The maximum Gasteiger partial charge on any atom is 0.263 e. The van der Waals surface area contributed by atoms with Crippen LogP contribution in [0.25, 0.3) is 21.6 Å². The van der Waals surface area contributed by atoms with Gasteiger partial charge in [0.25, 0.3) is 5.56 Å². The number of benzene rings is 2. The first kappa shape index (κ1) is 21.2. The first-order chi connectivity index (χ1) is 15.5. The molecule has 0 atom stereocenters. The fraction of sp³-hybridized carbons (Fsp3) is 0.208. The highest BCUT2D eigenvalue weighted by Crippen LogP contribution is 2.35. The monoisotopic (exact) mass is 483 g/mol. The molecule has 0 radical (unpaired) electrons. The number of carbonyl (C=O) groups is 1. The summed E-state index contributed by atoms with van der Waals surface area (Å²) < 4.78 is 1.47. The van der Waals surface area contributed by atoms with Crippen molar-refractivity contribution in [2.45, 2.75) is 32.2 Å². The van der Waals surface area contributed by atoms with Crippen LogP contribution in [-0.4, -0.2) is 15.5 Å². The van der Waals surface area contributed by atoms with E-state index in [2.05, 4.69) is 5.32 Å². The maximum atomic E-state index is 13.7. The fourth-order valence-electron chi connectivity index (χ4n) is 4.12. The van der Waals surface area contributed by atoms with Crippen LogP contribution in [0.3, 0.4) is 0 Å². The topological polar surface area (TPSA) is 64.0 Å². The van der Waals surface area contributed by atoms with E-state index in [9.17, 15) is 9.59 Å². The van der Waals surface area contributed by atoms with Gasteiger partial charge in [-0.2, -0.15) is 0 Å². The molecule has 0 spiro atoms. The number of aromatic nitrogens is 2. The van der Waals surface area contributed by atoms with Crippen LogP contribution in [-0.2, 0) is 24.2 Å². The molecule has 1 aliphatic carbocycles. The Bertz CT molecular complexity index is 1400. The Kier molecular flexibility index (Phi) is 5.76. The molecule has 5 nitrogen and oxygen atoms in total. The number of carbonyl (C=O) groups excluding carboxylic acids is 1. The summed E-state index contributed by atoms with van der Waals surface area (Å²) in [6.07, 6.45) is 4.04. The highest BCUT2D eigenvalue weighted by Gasteiger charge is 2.23. The molecule has 0 saturated carbocycles. The minimum Gasteiger partial charge on any atom is -0.323 e. The molecule has 1 amide bonds. The van der Waals surface area contributed by atoms with Crippen LogP contribution in [0.2, 0.25) is 10.0 Å². The highest BCUT2D eigenvalue weighted by molar-refractivity contribution is 7.18. The zero-order chi connectivity index (χ0) is 22.2. The van der Waals surface area contributed by atoms with Gasteiger partial charge in [0.2, 0.25) is 5.91 Å². The minimum atomic E-state index is -0.376. The summed E-state index contributed by atoms with van der Waals surface area (Å²) in [6.45, 7) is -0.181. The largest absolute Gasteiger partial charge is 0.323 e. The molecule has 0 saturated heterocycles. The van der Waals surface area contributed by atoms with Crippen molar-refractivity contribution in [2.75, 3.05) is 5.32 Å². The molecule has 0 bridgehead atoms. The lowest BCUT2D eigenvalue weighted by atomic mass is 9.97. The van der Waals surface area contributed by atoms with Crippen molar-refractivity contribution in [3.8, 4) is 11.4 Å². The first-order valence-corrected chi connectivity index (χ1v) is 11.9. The van der Waals surface area contributed by atoms with Crippen LogP contribution in [0.1, 0.15) is 23.3 Å². The van der Waals surface area contributed by atoms with Gasteiger partial charge in [0, 0.05) is 15.5 Å². The molecular weight excluding hydrogens is 465 g/mol. The van der Waals surface area contributed by atoms with Crippen molar-refractivity contribution in [2.24, 2.45) is 0 Å². The molecule has 5 rings (SSSR count). The average molecular weight is 484 g/mol. The molecule has 162 valence electrons. The van der Waals surface area contributed by atoms with E-state index in [1.54, 1.807) is 29.5 Å².